The third-order valence-corrected chi connectivity index (χ3v) is 5.17. The topological polar surface area (TPSA) is 79.9 Å². The number of hydrogen-bond donors (Lipinski definition) is 0. The van der Waals surface area contributed by atoms with Crippen LogP contribution >= 0.6 is 0 Å². The number of fused-ring (bicyclic) bond motifs is 5. The van der Waals surface area contributed by atoms with E-state index in [2.05, 4.69) is 66.3 Å². The molecule has 0 N–H and O–H groups in total. The van der Waals surface area contributed by atoms with Crippen LogP contribution in [0.25, 0.3) is 17.1 Å². The number of imidazole rings is 1. The van der Waals surface area contributed by atoms with Crippen LogP contribution in [0, 0.1) is 18.8 Å². The molecule has 5 rings (SSSR count). The molecule has 0 atom stereocenters. The average Bonchev–Trinajstić information content (AvgIpc) is 3.34. The second kappa shape index (κ2) is 7.70. The monoisotopic (exact) mass is 412 g/mol. The summed E-state index contributed by atoms with van der Waals surface area (Å²) in [4.78, 5) is 8.96. The maximum atomic E-state index is 5.34. The Labute approximate surface area is 179 Å². The summed E-state index contributed by atoms with van der Waals surface area (Å²) in [5, 5.41) is 8.82. The quantitative estimate of drug-likeness (QED) is 0.424. The van der Waals surface area contributed by atoms with Gasteiger partial charge < -0.3 is 14.0 Å². The third kappa shape index (κ3) is 3.35. The number of aromatic nitrogens is 6. The van der Waals surface area contributed by atoms with E-state index in [-0.39, 0.29) is 0 Å². The zero-order valence-electron chi connectivity index (χ0n) is 17.5. The minimum atomic E-state index is 0.372. The number of ether oxygens (including phenoxy) is 2. The minimum absolute atomic E-state index is 0.372. The first-order valence-electron chi connectivity index (χ1n) is 9.79. The van der Waals surface area contributed by atoms with Gasteiger partial charge in [0, 0.05) is 18.7 Å². The summed E-state index contributed by atoms with van der Waals surface area (Å²) in [6.45, 7) is 2.97. The van der Waals surface area contributed by atoms with Gasteiger partial charge in [0.05, 0.1) is 25.0 Å². The molecule has 0 radical (unpaired) electrons. The zero-order valence-corrected chi connectivity index (χ0v) is 17.5. The predicted molar refractivity (Wildman–Crippen MR) is 114 cm³/mol. The largest absolute Gasteiger partial charge is 0.481 e. The SMILES string of the molecule is COCc1nnc2n1Cc1c(C#Cc3cccc(OC)n3)ncn1-c1ccc(C)cc1-2. The average molecular weight is 412 g/mol. The Morgan fingerprint density at radius 2 is 2.00 bits per heavy atom. The van der Waals surface area contributed by atoms with Crippen LogP contribution in [0.4, 0.5) is 0 Å². The molecule has 4 heterocycles. The predicted octanol–water partition coefficient (Wildman–Crippen LogP) is 2.75. The Morgan fingerprint density at radius 1 is 1.10 bits per heavy atom. The van der Waals surface area contributed by atoms with Gasteiger partial charge in [0.25, 0.3) is 0 Å². The van der Waals surface area contributed by atoms with Crippen molar-refractivity contribution in [2.75, 3.05) is 14.2 Å². The number of hydrogen-bond acceptors (Lipinski definition) is 6. The van der Waals surface area contributed by atoms with Crippen molar-refractivity contribution in [1.82, 2.24) is 29.3 Å². The number of methoxy groups -OCH3 is 2. The number of pyridine rings is 1. The van der Waals surface area contributed by atoms with Crippen molar-refractivity contribution in [3.8, 4) is 34.8 Å². The minimum Gasteiger partial charge on any atom is -0.481 e. The van der Waals surface area contributed by atoms with E-state index in [9.17, 15) is 0 Å². The van der Waals surface area contributed by atoms with Gasteiger partial charge in [-0.2, -0.15) is 0 Å². The third-order valence-electron chi connectivity index (χ3n) is 5.17. The van der Waals surface area contributed by atoms with E-state index < -0.39 is 0 Å². The fourth-order valence-corrected chi connectivity index (χ4v) is 3.68. The molecule has 1 aliphatic rings. The van der Waals surface area contributed by atoms with Gasteiger partial charge >= 0.3 is 0 Å². The number of aryl methyl sites for hydroxylation is 1. The lowest BCUT2D eigenvalue weighted by Crippen LogP contribution is -2.09. The molecule has 3 aromatic heterocycles. The summed E-state index contributed by atoms with van der Waals surface area (Å²) in [5.41, 5.74) is 5.40. The first-order chi connectivity index (χ1) is 15.2. The van der Waals surface area contributed by atoms with Crippen molar-refractivity contribution >= 4 is 0 Å². The molecule has 0 amide bonds. The van der Waals surface area contributed by atoms with Crippen LogP contribution in [0.3, 0.4) is 0 Å². The van der Waals surface area contributed by atoms with E-state index in [4.69, 9.17) is 9.47 Å². The summed E-state index contributed by atoms with van der Waals surface area (Å²) in [5.74, 6) is 8.37. The van der Waals surface area contributed by atoms with Crippen LogP contribution in [0.5, 0.6) is 5.88 Å². The smallest absolute Gasteiger partial charge is 0.214 e. The lowest BCUT2D eigenvalue weighted by molar-refractivity contribution is 0.174. The van der Waals surface area contributed by atoms with Crippen molar-refractivity contribution in [3.63, 3.8) is 0 Å². The standard InChI is InChI=1S/C23H20N6O2/c1-15-7-10-19-17(11-15)23-27-26-21(13-30-2)28(23)12-20-18(24-14-29(19)20)9-8-16-5-4-6-22(25-16)31-3/h4-7,10-11,14H,12-13H2,1-3H3. The van der Waals surface area contributed by atoms with Crippen molar-refractivity contribution in [2.24, 2.45) is 0 Å². The van der Waals surface area contributed by atoms with Gasteiger partial charge in [-0.3, -0.25) is 4.57 Å². The molecule has 1 aliphatic heterocycles. The molecule has 0 saturated heterocycles. The summed E-state index contributed by atoms with van der Waals surface area (Å²) in [7, 11) is 3.24. The Morgan fingerprint density at radius 3 is 2.84 bits per heavy atom. The van der Waals surface area contributed by atoms with Crippen molar-refractivity contribution in [2.45, 2.75) is 20.1 Å². The summed E-state index contributed by atoms with van der Waals surface area (Å²) >= 11 is 0. The van der Waals surface area contributed by atoms with Gasteiger partial charge in [-0.15, -0.1) is 10.2 Å². The Hall–Kier alpha value is -3.96. The highest BCUT2D eigenvalue weighted by molar-refractivity contribution is 5.70. The van der Waals surface area contributed by atoms with Gasteiger partial charge in [0.1, 0.15) is 24.3 Å². The number of benzene rings is 1. The lowest BCUT2D eigenvalue weighted by Gasteiger charge is -2.08. The van der Waals surface area contributed by atoms with E-state index in [1.807, 2.05) is 18.5 Å². The number of nitrogens with zero attached hydrogens (tertiary/aromatic N) is 6. The highest BCUT2D eigenvalue weighted by Crippen LogP contribution is 2.33. The normalized spacial score (nSPS) is 11.6. The van der Waals surface area contributed by atoms with Crippen LogP contribution in [0.1, 0.15) is 28.5 Å². The molecule has 0 spiro atoms. The molecule has 8 nitrogen and oxygen atoms in total. The molecular formula is C23H20N6O2. The molecule has 0 unspecified atom stereocenters. The summed E-state index contributed by atoms with van der Waals surface area (Å²) in [6, 6.07) is 11.8. The first-order valence-corrected chi connectivity index (χ1v) is 9.79. The van der Waals surface area contributed by atoms with Crippen LogP contribution in [0.15, 0.2) is 42.7 Å². The Balaban J connectivity index is 1.66. The molecule has 0 fully saturated rings. The van der Waals surface area contributed by atoms with Gasteiger partial charge in [-0.05, 0) is 37.0 Å². The molecule has 0 bridgehead atoms. The first kappa shape index (κ1) is 19.0. The molecule has 0 aliphatic carbocycles. The van der Waals surface area contributed by atoms with E-state index >= 15 is 0 Å². The molecule has 1 aromatic carbocycles. The summed E-state index contributed by atoms with van der Waals surface area (Å²) < 4.78 is 14.7. The highest BCUT2D eigenvalue weighted by atomic mass is 16.5. The van der Waals surface area contributed by atoms with Gasteiger partial charge in [-0.1, -0.05) is 17.7 Å². The maximum absolute atomic E-state index is 5.34. The molecule has 4 aromatic rings. The fraction of sp³-hybridized carbons (Fsp3) is 0.217. The van der Waals surface area contributed by atoms with E-state index in [0.717, 1.165) is 34.2 Å². The van der Waals surface area contributed by atoms with Crippen LogP contribution < -0.4 is 4.74 Å². The molecule has 8 heteroatoms. The second-order valence-corrected chi connectivity index (χ2v) is 7.20. The van der Waals surface area contributed by atoms with E-state index in [1.54, 1.807) is 20.3 Å². The highest BCUT2D eigenvalue weighted by Gasteiger charge is 2.25. The fourth-order valence-electron chi connectivity index (χ4n) is 3.68. The van der Waals surface area contributed by atoms with Crippen molar-refractivity contribution in [1.29, 1.82) is 0 Å². The molecule has 31 heavy (non-hydrogen) atoms. The van der Waals surface area contributed by atoms with Gasteiger partial charge in [0.2, 0.25) is 5.88 Å². The number of rotatable bonds is 3. The zero-order chi connectivity index (χ0) is 21.4. The van der Waals surface area contributed by atoms with Gasteiger partial charge in [0.15, 0.2) is 11.6 Å². The Kier molecular flexibility index (Phi) is 4.73. The Bertz CT molecular complexity index is 1340. The molecule has 0 saturated carbocycles. The second-order valence-electron chi connectivity index (χ2n) is 7.20. The van der Waals surface area contributed by atoms with Gasteiger partial charge in [-0.25, -0.2) is 9.97 Å². The van der Waals surface area contributed by atoms with E-state index in [1.165, 1.54) is 0 Å². The van der Waals surface area contributed by atoms with E-state index in [0.29, 0.717) is 30.4 Å². The maximum Gasteiger partial charge on any atom is 0.214 e. The summed E-state index contributed by atoms with van der Waals surface area (Å²) in [6.07, 6.45) is 1.81. The lowest BCUT2D eigenvalue weighted by atomic mass is 10.1. The molecular weight excluding hydrogens is 392 g/mol. The van der Waals surface area contributed by atoms with Crippen molar-refractivity contribution < 1.29 is 9.47 Å². The van der Waals surface area contributed by atoms with Crippen LogP contribution in [-0.4, -0.2) is 43.5 Å². The van der Waals surface area contributed by atoms with Crippen LogP contribution in [0.2, 0.25) is 0 Å². The van der Waals surface area contributed by atoms with Crippen LogP contribution in [-0.2, 0) is 17.9 Å². The molecule has 154 valence electrons. The van der Waals surface area contributed by atoms with Crippen molar-refractivity contribution in [3.05, 3.63) is 71.2 Å².